The first-order valence-electron chi connectivity index (χ1n) is 18.4. The van der Waals surface area contributed by atoms with Crippen molar-refractivity contribution in [1.29, 1.82) is 0 Å². The van der Waals surface area contributed by atoms with E-state index in [0.29, 0.717) is 32.7 Å². The molecule has 3 N–H and O–H groups in total. The minimum Gasteiger partial charge on any atom is -0.457 e. The van der Waals surface area contributed by atoms with Gasteiger partial charge in [-0.25, -0.2) is 4.79 Å². The van der Waals surface area contributed by atoms with Gasteiger partial charge in [-0.2, -0.15) is 0 Å². The van der Waals surface area contributed by atoms with Gasteiger partial charge >= 0.3 is 18.0 Å². The van der Waals surface area contributed by atoms with Gasteiger partial charge in [0.15, 0.2) is 0 Å². The third-order valence-corrected chi connectivity index (χ3v) is 10.3. The number of carbonyl (C=O) groups excluding carboxylic acids is 3. The fourth-order valence-corrected chi connectivity index (χ4v) is 6.96. The van der Waals surface area contributed by atoms with Crippen molar-refractivity contribution in [3.8, 4) is 0 Å². The molecule has 0 aromatic carbocycles. The Morgan fingerprint density at radius 2 is 1.82 bits per heavy atom. The third kappa shape index (κ3) is 12.7. The van der Waals surface area contributed by atoms with Gasteiger partial charge in [-0.15, -0.1) is 0 Å². The van der Waals surface area contributed by atoms with E-state index in [4.69, 9.17) is 23.7 Å². The van der Waals surface area contributed by atoms with Crippen LogP contribution in [-0.2, 0) is 33.3 Å². The van der Waals surface area contributed by atoms with E-state index in [-0.39, 0.29) is 61.9 Å². The Balaban J connectivity index is 1.81. The molecule has 0 radical (unpaired) electrons. The van der Waals surface area contributed by atoms with Gasteiger partial charge in [0.1, 0.15) is 30.0 Å². The lowest BCUT2D eigenvalue weighted by Crippen LogP contribution is -2.50. The molecule has 0 aromatic heterocycles. The number of nitrogens with zero attached hydrogens (tertiary/aromatic N) is 2. The maximum atomic E-state index is 13.4. The summed E-state index contributed by atoms with van der Waals surface area (Å²) in [6, 6.07) is 0. The number of aliphatic hydroxyl groups is 3. The molecule has 0 aliphatic carbocycles. The molecule has 2 saturated heterocycles. The van der Waals surface area contributed by atoms with Crippen LogP contribution in [0.3, 0.4) is 0 Å². The number of β-amino-alcohol motifs (C(OH)–C–C–N with tert-alkyl or cyclic N) is 1. The van der Waals surface area contributed by atoms with Crippen LogP contribution in [0.15, 0.2) is 36.0 Å². The number of esters is 2. The van der Waals surface area contributed by atoms with Crippen molar-refractivity contribution in [3.63, 3.8) is 0 Å². The molecule has 290 valence electrons. The molecule has 13 heteroatoms. The summed E-state index contributed by atoms with van der Waals surface area (Å²) in [7, 11) is 1.69. The monoisotopic (exact) mass is 722 g/mol. The number of cyclic esters (lactones) is 1. The Bertz CT molecular complexity index is 1220. The number of aliphatic hydroxyl groups excluding tert-OH is 2. The summed E-state index contributed by atoms with van der Waals surface area (Å²) in [6.45, 7) is 15.6. The summed E-state index contributed by atoms with van der Waals surface area (Å²) in [4.78, 5) is 41.9. The van der Waals surface area contributed by atoms with E-state index >= 15 is 0 Å². The van der Waals surface area contributed by atoms with E-state index in [0.717, 1.165) is 12.0 Å². The summed E-state index contributed by atoms with van der Waals surface area (Å²) in [6.07, 6.45) is 5.71. The predicted octanol–water partition coefficient (Wildman–Crippen LogP) is 3.40. The minimum atomic E-state index is -1.46. The van der Waals surface area contributed by atoms with Crippen LogP contribution in [0.25, 0.3) is 0 Å². The Hall–Kier alpha value is -2.81. The molecule has 13 nitrogen and oxygen atoms in total. The molecular formula is C38H62N2O11. The Morgan fingerprint density at radius 3 is 2.43 bits per heavy atom. The summed E-state index contributed by atoms with van der Waals surface area (Å²) < 4.78 is 29.3. The number of hydrogen-bond donors (Lipinski definition) is 3. The number of ether oxygens (including phenoxy) is 5. The summed E-state index contributed by atoms with van der Waals surface area (Å²) in [5.41, 5.74) is -0.733. The number of amides is 1. The van der Waals surface area contributed by atoms with Crippen molar-refractivity contribution < 1.29 is 53.4 Å². The first-order chi connectivity index (χ1) is 24.1. The quantitative estimate of drug-likeness (QED) is 0.0835. The highest BCUT2D eigenvalue weighted by atomic mass is 16.6. The van der Waals surface area contributed by atoms with Gasteiger partial charge in [-0.3, -0.25) is 14.5 Å². The van der Waals surface area contributed by atoms with Crippen molar-refractivity contribution in [1.82, 2.24) is 9.80 Å². The third-order valence-electron chi connectivity index (χ3n) is 10.3. The second kappa shape index (κ2) is 19.9. The number of epoxide rings is 1. The van der Waals surface area contributed by atoms with Crippen LogP contribution >= 0.6 is 0 Å². The van der Waals surface area contributed by atoms with Crippen LogP contribution in [0, 0.1) is 17.8 Å². The lowest BCUT2D eigenvalue weighted by atomic mass is 9.88. The molecule has 0 aromatic rings. The molecule has 0 bridgehead atoms. The van der Waals surface area contributed by atoms with Crippen LogP contribution in [0.5, 0.6) is 0 Å². The Morgan fingerprint density at radius 1 is 1.14 bits per heavy atom. The molecule has 3 aliphatic heterocycles. The van der Waals surface area contributed by atoms with E-state index in [1.165, 1.54) is 6.92 Å². The normalized spacial score (nSPS) is 32.9. The van der Waals surface area contributed by atoms with Crippen LogP contribution in [-0.4, -0.2) is 138 Å². The minimum absolute atomic E-state index is 0.00798. The molecule has 11 atom stereocenters. The number of carbonyl (C=O) groups is 3. The zero-order chi connectivity index (χ0) is 37.9. The topological polar surface area (TPSA) is 168 Å². The van der Waals surface area contributed by atoms with Gasteiger partial charge in [0.05, 0.1) is 31.3 Å². The van der Waals surface area contributed by atoms with Crippen LogP contribution < -0.4 is 0 Å². The standard InChI is InChI=1S/C38H62N2O11/c1-9-30(47-8)27(5)35-36(50-35)34(51-37(45)40-19-17-39(18-20-40)21-22-41)25(3)12-10-11-24(2)33-26(4)13-14-31(48-28(6)42)38(7,46)16-15-29(43)23-32(44)49-33/h10-14,25-27,29-31,33-36,41,43,46H,9,15-23H2,1-8H3/b12-10+,14-13+,24-11+. The molecule has 0 spiro atoms. The Labute approximate surface area is 303 Å². The van der Waals surface area contributed by atoms with Crippen molar-refractivity contribution in [3.05, 3.63) is 36.0 Å². The zero-order valence-corrected chi connectivity index (χ0v) is 31.7. The highest BCUT2D eigenvalue weighted by Gasteiger charge is 2.53. The zero-order valence-electron chi connectivity index (χ0n) is 31.7. The van der Waals surface area contributed by atoms with E-state index in [9.17, 15) is 29.7 Å². The first kappa shape index (κ1) is 42.6. The molecule has 11 unspecified atom stereocenters. The van der Waals surface area contributed by atoms with Gasteiger partial charge in [-0.05, 0) is 44.8 Å². The molecular weight excluding hydrogens is 660 g/mol. The average molecular weight is 723 g/mol. The predicted molar refractivity (Wildman–Crippen MR) is 191 cm³/mol. The van der Waals surface area contributed by atoms with E-state index in [1.807, 2.05) is 39.0 Å². The summed E-state index contributed by atoms with van der Waals surface area (Å²) in [5.74, 6) is -1.63. The fraction of sp³-hybridized carbons (Fsp3) is 0.763. The molecule has 3 heterocycles. The van der Waals surface area contributed by atoms with Gasteiger partial charge in [0, 0.05) is 64.5 Å². The smallest absolute Gasteiger partial charge is 0.410 e. The lowest BCUT2D eigenvalue weighted by molar-refractivity contribution is -0.157. The number of hydrogen-bond acceptors (Lipinski definition) is 12. The highest BCUT2D eigenvalue weighted by molar-refractivity contribution is 5.70. The van der Waals surface area contributed by atoms with Gasteiger partial charge in [0.25, 0.3) is 0 Å². The molecule has 0 saturated carbocycles. The Kier molecular flexibility index (Phi) is 16.6. The molecule has 3 aliphatic rings. The van der Waals surface area contributed by atoms with Crippen LogP contribution in [0.1, 0.15) is 74.1 Å². The number of rotatable bonds is 13. The lowest BCUT2D eigenvalue weighted by Gasteiger charge is -2.35. The van der Waals surface area contributed by atoms with Crippen molar-refractivity contribution in [2.45, 2.75) is 122 Å². The highest BCUT2D eigenvalue weighted by Crippen LogP contribution is 2.39. The molecule has 3 rings (SSSR count). The fourth-order valence-electron chi connectivity index (χ4n) is 6.96. The number of piperazine rings is 1. The average Bonchev–Trinajstić information content (AvgIpc) is 3.88. The summed E-state index contributed by atoms with van der Waals surface area (Å²) in [5, 5.41) is 30.9. The number of methoxy groups -OCH3 is 1. The molecule has 2 fully saturated rings. The van der Waals surface area contributed by atoms with Crippen LogP contribution in [0.4, 0.5) is 4.79 Å². The second-order valence-electron chi connectivity index (χ2n) is 14.6. The van der Waals surface area contributed by atoms with Gasteiger partial charge < -0.3 is 43.9 Å². The summed E-state index contributed by atoms with van der Waals surface area (Å²) >= 11 is 0. The molecule has 51 heavy (non-hydrogen) atoms. The van der Waals surface area contributed by atoms with Crippen molar-refractivity contribution in [2.24, 2.45) is 17.8 Å². The maximum Gasteiger partial charge on any atom is 0.410 e. The van der Waals surface area contributed by atoms with Crippen LogP contribution in [0.2, 0.25) is 0 Å². The van der Waals surface area contributed by atoms with Crippen molar-refractivity contribution >= 4 is 18.0 Å². The second-order valence-corrected chi connectivity index (χ2v) is 14.6. The van der Waals surface area contributed by atoms with Gasteiger partial charge in [-0.1, -0.05) is 52.0 Å². The van der Waals surface area contributed by atoms with Gasteiger partial charge in [0.2, 0.25) is 0 Å². The van der Waals surface area contributed by atoms with E-state index in [1.54, 1.807) is 31.1 Å². The maximum absolute atomic E-state index is 13.4. The first-order valence-corrected chi connectivity index (χ1v) is 18.4. The largest absolute Gasteiger partial charge is 0.457 e. The van der Waals surface area contributed by atoms with Crippen molar-refractivity contribution in [2.75, 3.05) is 46.4 Å². The van der Waals surface area contributed by atoms with E-state index < -0.39 is 48.0 Å². The number of allylic oxidation sites excluding steroid dienone is 2. The molecule has 1 amide bonds. The van der Waals surface area contributed by atoms with E-state index in [2.05, 4.69) is 18.7 Å². The SMILES string of the molecule is CCC(OC)C(C)C1OC1C(OC(=O)N1CCN(CCO)CC1)C(C)/C=C/C=C(\C)C1OC(=O)CC(O)CCC(C)(O)C(OC(C)=O)/C=C/C1C.